The highest BCUT2D eigenvalue weighted by molar-refractivity contribution is 6.08. The van der Waals surface area contributed by atoms with Crippen molar-refractivity contribution in [2.45, 2.75) is 32.6 Å². The number of rotatable bonds is 6. The normalized spacial score (nSPS) is 14.6. The Morgan fingerprint density at radius 1 is 1.03 bits per heavy atom. The first kappa shape index (κ1) is 19.1. The van der Waals surface area contributed by atoms with Crippen molar-refractivity contribution in [2.75, 3.05) is 31.2 Å². The summed E-state index contributed by atoms with van der Waals surface area (Å²) >= 11 is 0. The number of nitrogens with zero attached hydrogens (tertiary/aromatic N) is 3. The van der Waals surface area contributed by atoms with E-state index < -0.39 is 0 Å². The van der Waals surface area contributed by atoms with Gasteiger partial charge in [0, 0.05) is 41.1 Å². The molecule has 0 bridgehead atoms. The van der Waals surface area contributed by atoms with E-state index in [2.05, 4.69) is 58.2 Å². The zero-order chi connectivity index (χ0) is 20.3. The minimum Gasteiger partial charge on any atom is -0.378 e. The summed E-state index contributed by atoms with van der Waals surface area (Å²) in [5.74, 6) is 0. The fourth-order valence-electron chi connectivity index (χ4n) is 4.38. The van der Waals surface area contributed by atoms with E-state index in [9.17, 15) is 0 Å². The van der Waals surface area contributed by atoms with Crippen molar-refractivity contribution in [1.82, 2.24) is 15.0 Å². The van der Waals surface area contributed by atoms with E-state index in [1.54, 1.807) is 0 Å². The lowest BCUT2D eigenvalue weighted by molar-refractivity contribution is 0.122. The molecule has 30 heavy (non-hydrogen) atoms. The molecule has 0 saturated carbocycles. The van der Waals surface area contributed by atoms with E-state index in [-0.39, 0.29) is 0 Å². The third kappa shape index (κ3) is 3.65. The molecule has 0 atom stereocenters. The molecule has 5 rings (SSSR count). The Balaban J connectivity index is 1.50. The Bertz CT molecular complexity index is 1140. The molecule has 0 unspecified atom stereocenters. The number of hydrogen-bond donors (Lipinski definition) is 1. The number of pyridine rings is 2. The van der Waals surface area contributed by atoms with Crippen LogP contribution in [0.2, 0.25) is 0 Å². The molecular formula is C25H28N4O. The maximum Gasteiger partial charge on any atom is 0.138 e. The van der Waals surface area contributed by atoms with Crippen LogP contribution in [-0.2, 0) is 11.2 Å². The molecule has 0 amide bonds. The molecule has 1 fully saturated rings. The van der Waals surface area contributed by atoms with Gasteiger partial charge in [0.1, 0.15) is 5.65 Å². The fraction of sp³-hybridized carbons (Fsp3) is 0.360. The summed E-state index contributed by atoms with van der Waals surface area (Å²) < 4.78 is 5.45. The van der Waals surface area contributed by atoms with Gasteiger partial charge in [0.25, 0.3) is 0 Å². The van der Waals surface area contributed by atoms with Crippen LogP contribution in [0.25, 0.3) is 33.2 Å². The predicted octanol–water partition coefficient (Wildman–Crippen LogP) is 5.35. The van der Waals surface area contributed by atoms with Crippen LogP contribution in [0.3, 0.4) is 0 Å². The Kier molecular flexibility index (Phi) is 5.37. The van der Waals surface area contributed by atoms with Gasteiger partial charge in [0.15, 0.2) is 0 Å². The number of ether oxygens (including phenoxy) is 1. The van der Waals surface area contributed by atoms with Crippen molar-refractivity contribution in [3.8, 4) is 11.3 Å². The maximum atomic E-state index is 5.45. The number of benzene rings is 1. The van der Waals surface area contributed by atoms with Crippen LogP contribution in [0.1, 0.15) is 31.7 Å². The SMILES string of the molecule is CCCCCc1ccnc2[nH]c3ccc(-c4ccc(N5CCOCC5)cn4)cc3c12. The van der Waals surface area contributed by atoms with Crippen LogP contribution >= 0.6 is 0 Å². The molecule has 1 N–H and O–H groups in total. The second kappa shape index (κ2) is 8.44. The molecule has 0 aliphatic carbocycles. The van der Waals surface area contributed by atoms with Crippen molar-refractivity contribution in [3.05, 3.63) is 54.4 Å². The van der Waals surface area contributed by atoms with E-state index in [0.717, 1.165) is 60.8 Å². The smallest absolute Gasteiger partial charge is 0.138 e. The molecular weight excluding hydrogens is 372 g/mol. The van der Waals surface area contributed by atoms with Gasteiger partial charge in [0.05, 0.1) is 30.8 Å². The lowest BCUT2D eigenvalue weighted by Crippen LogP contribution is -2.36. The lowest BCUT2D eigenvalue weighted by Gasteiger charge is -2.28. The zero-order valence-corrected chi connectivity index (χ0v) is 17.5. The van der Waals surface area contributed by atoms with E-state index in [1.165, 1.54) is 35.6 Å². The number of aromatic nitrogens is 3. The Labute approximate surface area is 177 Å². The van der Waals surface area contributed by atoms with Gasteiger partial charge in [-0.3, -0.25) is 4.98 Å². The zero-order valence-electron chi connectivity index (χ0n) is 17.5. The molecule has 3 aromatic heterocycles. The summed E-state index contributed by atoms with van der Waals surface area (Å²) in [5.41, 5.74) is 6.80. The molecule has 0 spiro atoms. The van der Waals surface area contributed by atoms with Gasteiger partial charge in [-0.2, -0.15) is 0 Å². The molecule has 5 heteroatoms. The standard InChI is InChI=1S/C25H28N4O/c1-2-3-4-5-18-10-11-26-25-24(18)21-16-19(6-8-23(21)28-25)22-9-7-20(17-27-22)29-12-14-30-15-13-29/h6-11,16-17H,2-5,12-15H2,1H3,(H,26,28). The minimum atomic E-state index is 0.785. The van der Waals surface area contributed by atoms with Crippen LogP contribution in [-0.4, -0.2) is 41.3 Å². The van der Waals surface area contributed by atoms with E-state index in [1.807, 2.05) is 12.4 Å². The average molecular weight is 401 g/mol. The van der Waals surface area contributed by atoms with Gasteiger partial charge in [0.2, 0.25) is 0 Å². The van der Waals surface area contributed by atoms with Gasteiger partial charge in [-0.25, -0.2) is 4.98 Å². The first-order valence-corrected chi connectivity index (χ1v) is 11.0. The number of morpholine rings is 1. The van der Waals surface area contributed by atoms with Crippen molar-refractivity contribution < 1.29 is 4.74 Å². The van der Waals surface area contributed by atoms with Crippen LogP contribution < -0.4 is 4.90 Å². The number of aryl methyl sites for hydroxylation is 1. The van der Waals surface area contributed by atoms with Gasteiger partial charge >= 0.3 is 0 Å². The minimum absolute atomic E-state index is 0.785. The maximum absolute atomic E-state index is 5.45. The van der Waals surface area contributed by atoms with Crippen molar-refractivity contribution in [2.24, 2.45) is 0 Å². The number of unbranched alkanes of at least 4 members (excludes halogenated alkanes) is 2. The molecule has 1 aromatic carbocycles. The summed E-state index contributed by atoms with van der Waals surface area (Å²) in [6, 6.07) is 13.0. The Morgan fingerprint density at radius 2 is 1.93 bits per heavy atom. The first-order valence-electron chi connectivity index (χ1n) is 11.0. The summed E-state index contributed by atoms with van der Waals surface area (Å²) in [7, 11) is 0. The highest BCUT2D eigenvalue weighted by atomic mass is 16.5. The number of H-pyrrole nitrogens is 1. The lowest BCUT2D eigenvalue weighted by atomic mass is 10.0. The van der Waals surface area contributed by atoms with Gasteiger partial charge in [-0.1, -0.05) is 25.8 Å². The summed E-state index contributed by atoms with van der Waals surface area (Å²) in [6.07, 6.45) is 8.71. The molecule has 1 aliphatic heterocycles. The van der Waals surface area contributed by atoms with Crippen LogP contribution in [0.5, 0.6) is 0 Å². The number of anilines is 1. The summed E-state index contributed by atoms with van der Waals surface area (Å²) in [6.45, 7) is 5.67. The molecule has 4 aromatic rings. The van der Waals surface area contributed by atoms with E-state index in [0.29, 0.717) is 0 Å². The third-order valence-corrected chi connectivity index (χ3v) is 6.05. The molecule has 4 heterocycles. The predicted molar refractivity (Wildman–Crippen MR) is 123 cm³/mol. The topological polar surface area (TPSA) is 54.0 Å². The number of fused-ring (bicyclic) bond motifs is 3. The Morgan fingerprint density at radius 3 is 2.73 bits per heavy atom. The molecule has 5 nitrogen and oxygen atoms in total. The second-order valence-corrected chi connectivity index (χ2v) is 8.04. The highest BCUT2D eigenvalue weighted by Crippen LogP contribution is 2.32. The van der Waals surface area contributed by atoms with Crippen LogP contribution in [0, 0.1) is 0 Å². The summed E-state index contributed by atoms with van der Waals surface area (Å²) in [5, 5.41) is 2.50. The molecule has 0 radical (unpaired) electrons. The van der Waals surface area contributed by atoms with Crippen molar-refractivity contribution in [1.29, 1.82) is 0 Å². The van der Waals surface area contributed by atoms with Crippen LogP contribution in [0.15, 0.2) is 48.8 Å². The fourth-order valence-corrected chi connectivity index (χ4v) is 4.38. The Hall–Kier alpha value is -2.92. The number of aromatic amines is 1. The summed E-state index contributed by atoms with van der Waals surface area (Å²) in [4.78, 5) is 15.2. The van der Waals surface area contributed by atoms with Crippen LogP contribution in [0.4, 0.5) is 5.69 Å². The van der Waals surface area contributed by atoms with Crippen molar-refractivity contribution >= 4 is 27.6 Å². The van der Waals surface area contributed by atoms with Crippen molar-refractivity contribution in [3.63, 3.8) is 0 Å². The number of nitrogens with one attached hydrogen (secondary N) is 1. The second-order valence-electron chi connectivity index (χ2n) is 8.04. The highest BCUT2D eigenvalue weighted by Gasteiger charge is 2.13. The average Bonchev–Trinajstić information content (AvgIpc) is 3.19. The van der Waals surface area contributed by atoms with Gasteiger partial charge < -0.3 is 14.6 Å². The largest absolute Gasteiger partial charge is 0.378 e. The van der Waals surface area contributed by atoms with Gasteiger partial charge in [-0.15, -0.1) is 0 Å². The molecule has 1 aliphatic rings. The van der Waals surface area contributed by atoms with Gasteiger partial charge in [-0.05, 0) is 48.7 Å². The monoisotopic (exact) mass is 400 g/mol. The van der Waals surface area contributed by atoms with E-state index >= 15 is 0 Å². The molecule has 154 valence electrons. The number of hydrogen-bond acceptors (Lipinski definition) is 4. The quantitative estimate of drug-likeness (QED) is 0.444. The molecule has 1 saturated heterocycles. The third-order valence-electron chi connectivity index (χ3n) is 6.05. The van der Waals surface area contributed by atoms with E-state index in [4.69, 9.17) is 9.72 Å². The first-order chi connectivity index (χ1) is 14.8.